The molecule has 0 aliphatic rings. The van der Waals surface area contributed by atoms with Crippen LogP contribution in [-0.4, -0.2) is 20.5 Å². The van der Waals surface area contributed by atoms with Crippen LogP contribution in [0.15, 0.2) is 36.4 Å². The lowest BCUT2D eigenvalue weighted by molar-refractivity contribution is 0.112. The minimum Gasteiger partial charge on any atom is -0.497 e. The van der Waals surface area contributed by atoms with Crippen LogP contribution in [0.25, 0.3) is 11.1 Å². The Morgan fingerprint density at radius 3 is 2.32 bits per heavy atom. The third kappa shape index (κ3) is 2.60. The highest BCUT2D eigenvalue weighted by atomic mass is 16.5. The first-order valence-electron chi connectivity index (χ1n) is 5.98. The van der Waals surface area contributed by atoms with E-state index in [9.17, 15) is 4.79 Å². The van der Waals surface area contributed by atoms with Gasteiger partial charge in [0.2, 0.25) is 0 Å². The minimum atomic E-state index is 0.670. The van der Waals surface area contributed by atoms with E-state index in [1.54, 1.807) is 20.3 Å². The van der Waals surface area contributed by atoms with Crippen molar-refractivity contribution in [3.05, 3.63) is 47.5 Å². The smallest absolute Gasteiger partial charge is 0.150 e. The van der Waals surface area contributed by atoms with Crippen LogP contribution in [0.4, 0.5) is 0 Å². The molecule has 0 aliphatic heterocycles. The lowest BCUT2D eigenvalue weighted by Crippen LogP contribution is -1.93. The van der Waals surface area contributed by atoms with Crippen molar-refractivity contribution in [1.82, 2.24) is 0 Å². The molecule has 0 unspecified atom stereocenters. The zero-order valence-electron chi connectivity index (χ0n) is 11.3. The Bertz CT molecular complexity index is 603. The van der Waals surface area contributed by atoms with Gasteiger partial charge in [-0.2, -0.15) is 0 Å². The fourth-order valence-corrected chi connectivity index (χ4v) is 2.09. The monoisotopic (exact) mass is 256 g/mol. The number of methoxy groups -OCH3 is 2. The van der Waals surface area contributed by atoms with Crippen LogP contribution in [0.1, 0.15) is 15.9 Å². The molecule has 2 aromatic carbocycles. The predicted molar refractivity (Wildman–Crippen MR) is 75.1 cm³/mol. The summed E-state index contributed by atoms with van der Waals surface area (Å²) in [4.78, 5) is 10.8. The van der Waals surface area contributed by atoms with Crippen LogP contribution in [0.3, 0.4) is 0 Å². The summed E-state index contributed by atoms with van der Waals surface area (Å²) in [5.74, 6) is 1.55. The molecular formula is C16H16O3. The van der Waals surface area contributed by atoms with Crippen LogP contribution >= 0.6 is 0 Å². The maximum absolute atomic E-state index is 10.8. The van der Waals surface area contributed by atoms with E-state index in [0.717, 1.165) is 34.5 Å². The van der Waals surface area contributed by atoms with Crippen molar-refractivity contribution in [3.8, 4) is 22.6 Å². The summed E-state index contributed by atoms with van der Waals surface area (Å²) in [6, 6.07) is 11.3. The first-order chi connectivity index (χ1) is 9.19. The summed E-state index contributed by atoms with van der Waals surface area (Å²) in [6.07, 6.45) is 0.847. The normalized spacial score (nSPS) is 10.1. The van der Waals surface area contributed by atoms with Gasteiger partial charge in [-0.25, -0.2) is 0 Å². The summed E-state index contributed by atoms with van der Waals surface area (Å²) in [6.45, 7) is 1.97. The number of hydrogen-bond acceptors (Lipinski definition) is 3. The van der Waals surface area contributed by atoms with Crippen LogP contribution in [0, 0.1) is 6.92 Å². The van der Waals surface area contributed by atoms with Gasteiger partial charge in [-0.15, -0.1) is 0 Å². The van der Waals surface area contributed by atoms with Crippen LogP contribution in [-0.2, 0) is 0 Å². The standard InChI is InChI=1S/C16H16O3/c1-11-8-12(10-17)4-6-14(11)15-9-13(18-2)5-7-16(15)19-3/h4-10H,1-3H3. The van der Waals surface area contributed by atoms with E-state index in [1.807, 2.05) is 37.3 Å². The Balaban J connectivity index is 2.59. The lowest BCUT2D eigenvalue weighted by Gasteiger charge is -2.13. The molecule has 0 bridgehead atoms. The second kappa shape index (κ2) is 5.57. The van der Waals surface area contributed by atoms with Crippen molar-refractivity contribution in [2.75, 3.05) is 14.2 Å². The molecule has 0 fully saturated rings. The molecule has 0 atom stereocenters. The van der Waals surface area contributed by atoms with E-state index >= 15 is 0 Å². The van der Waals surface area contributed by atoms with Gasteiger partial charge in [0.25, 0.3) is 0 Å². The highest BCUT2D eigenvalue weighted by Crippen LogP contribution is 2.35. The lowest BCUT2D eigenvalue weighted by atomic mass is 9.97. The van der Waals surface area contributed by atoms with Crippen molar-refractivity contribution >= 4 is 6.29 Å². The number of ether oxygens (including phenoxy) is 2. The van der Waals surface area contributed by atoms with E-state index in [1.165, 1.54) is 0 Å². The predicted octanol–water partition coefficient (Wildman–Crippen LogP) is 3.49. The Hall–Kier alpha value is -2.29. The van der Waals surface area contributed by atoms with Crippen molar-refractivity contribution < 1.29 is 14.3 Å². The van der Waals surface area contributed by atoms with E-state index in [0.29, 0.717) is 5.56 Å². The number of benzene rings is 2. The van der Waals surface area contributed by atoms with Gasteiger partial charge in [0.15, 0.2) is 0 Å². The van der Waals surface area contributed by atoms with Gasteiger partial charge in [0.05, 0.1) is 14.2 Å². The van der Waals surface area contributed by atoms with Crippen LogP contribution in [0.2, 0.25) is 0 Å². The summed E-state index contributed by atoms with van der Waals surface area (Å²) in [5.41, 5.74) is 3.68. The summed E-state index contributed by atoms with van der Waals surface area (Å²) < 4.78 is 10.6. The van der Waals surface area contributed by atoms with Gasteiger partial charge in [-0.3, -0.25) is 4.79 Å². The average Bonchev–Trinajstić information content (AvgIpc) is 2.46. The number of hydrogen-bond donors (Lipinski definition) is 0. The van der Waals surface area contributed by atoms with Crippen molar-refractivity contribution in [3.63, 3.8) is 0 Å². The zero-order chi connectivity index (χ0) is 13.8. The van der Waals surface area contributed by atoms with Gasteiger partial charge in [-0.1, -0.05) is 12.1 Å². The molecule has 0 amide bonds. The number of rotatable bonds is 4. The average molecular weight is 256 g/mol. The molecule has 0 radical (unpaired) electrons. The number of aldehydes is 1. The molecule has 0 aliphatic carbocycles. The molecule has 0 heterocycles. The molecule has 0 saturated carbocycles. The van der Waals surface area contributed by atoms with E-state index < -0.39 is 0 Å². The van der Waals surface area contributed by atoms with Gasteiger partial charge in [0, 0.05) is 11.1 Å². The van der Waals surface area contributed by atoms with Crippen molar-refractivity contribution in [2.45, 2.75) is 6.92 Å². The molecule has 0 saturated heterocycles. The fourth-order valence-electron chi connectivity index (χ4n) is 2.09. The van der Waals surface area contributed by atoms with Crippen molar-refractivity contribution in [1.29, 1.82) is 0 Å². The third-order valence-corrected chi connectivity index (χ3v) is 3.08. The first-order valence-corrected chi connectivity index (χ1v) is 5.98. The van der Waals surface area contributed by atoms with Gasteiger partial charge in [0.1, 0.15) is 17.8 Å². The Kier molecular flexibility index (Phi) is 3.85. The Morgan fingerprint density at radius 1 is 0.947 bits per heavy atom. The molecule has 0 N–H and O–H groups in total. The summed E-state index contributed by atoms with van der Waals surface area (Å²) >= 11 is 0. The SMILES string of the molecule is COc1ccc(OC)c(-c2ccc(C=O)cc2C)c1. The number of carbonyl (C=O) groups excluding carboxylic acids is 1. The Labute approximate surface area is 112 Å². The van der Waals surface area contributed by atoms with Gasteiger partial charge in [-0.05, 0) is 42.3 Å². The third-order valence-electron chi connectivity index (χ3n) is 3.08. The zero-order valence-corrected chi connectivity index (χ0v) is 11.3. The quantitative estimate of drug-likeness (QED) is 0.785. The molecule has 98 valence electrons. The molecule has 3 heteroatoms. The molecule has 0 spiro atoms. The summed E-state index contributed by atoms with van der Waals surface area (Å²) in [5, 5.41) is 0. The van der Waals surface area contributed by atoms with Gasteiger partial charge < -0.3 is 9.47 Å². The minimum absolute atomic E-state index is 0.670. The second-order valence-corrected chi connectivity index (χ2v) is 4.26. The first kappa shape index (κ1) is 13.1. The molecular weight excluding hydrogens is 240 g/mol. The van der Waals surface area contributed by atoms with Gasteiger partial charge >= 0.3 is 0 Å². The number of aryl methyl sites for hydroxylation is 1. The van der Waals surface area contributed by atoms with Crippen LogP contribution in [0.5, 0.6) is 11.5 Å². The van der Waals surface area contributed by atoms with E-state index in [4.69, 9.17) is 9.47 Å². The molecule has 3 nitrogen and oxygen atoms in total. The largest absolute Gasteiger partial charge is 0.497 e. The second-order valence-electron chi connectivity index (χ2n) is 4.26. The topological polar surface area (TPSA) is 35.5 Å². The maximum Gasteiger partial charge on any atom is 0.150 e. The van der Waals surface area contributed by atoms with Crippen LogP contribution < -0.4 is 9.47 Å². The molecule has 19 heavy (non-hydrogen) atoms. The maximum atomic E-state index is 10.8. The van der Waals surface area contributed by atoms with E-state index in [2.05, 4.69) is 0 Å². The molecule has 0 aromatic heterocycles. The van der Waals surface area contributed by atoms with Crippen molar-refractivity contribution in [2.24, 2.45) is 0 Å². The highest BCUT2D eigenvalue weighted by molar-refractivity contribution is 5.80. The Morgan fingerprint density at radius 2 is 1.74 bits per heavy atom. The molecule has 2 rings (SSSR count). The summed E-state index contributed by atoms with van der Waals surface area (Å²) in [7, 11) is 3.27. The van der Waals surface area contributed by atoms with E-state index in [-0.39, 0.29) is 0 Å². The fraction of sp³-hybridized carbons (Fsp3) is 0.188. The number of carbonyl (C=O) groups is 1. The molecule has 2 aromatic rings. The highest BCUT2D eigenvalue weighted by Gasteiger charge is 2.10.